The van der Waals surface area contributed by atoms with Crippen LogP contribution in [0.25, 0.3) is 20.4 Å². The average molecular weight is 1080 g/mol. The molecule has 2 saturated heterocycles. The van der Waals surface area contributed by atoms with E-state index < -0.39 is 49.2 Å². The summed E-state index contributed by atoms with van der Waals surface area (Å²) in [7, 11) is 0. The third-order valence-electron chi connectivity index (χ3n) is 13.8. The minimum atomic E-state index is -4.64. The molecule has 10 rings (SSSR count). The van der Waals surface area contributed by atoms with E-state index in [0.717, 1.165) is 123 Å². The van der Waals surface area contributed by atoms with E-state index in [-0.39, 0.29) is 26.6 Å². The summed E-state index contributed by atoms with van der Waals surface area (Å²) in [6.07, 6.45) is -4.68. The highest BCUT2D eigenvalue weighted by Crippen LogP contribution is 2.55. The highest BCUT2D eigenvalue weighted by Gasteiger charge is 2.50. The number of ether oxygens (including phenoxy) is 1. The third-order valence-corrected chi connectivity index (χ3v) is 15.9. The molecular formula is C52H53F9N6O5S2. The van der Waals surface area contributed by atoms with Crippen molar-refractivity contribution in [3.8, 4) is 0 Å². The first-order valence-corrected chi connectivity index (χ1v) is 25.6. The maximum Gasteiger partial charge on any atom is 0.446 e. The number of rotatable bonds is 10. The Morgan fingerprint density at radius 3 is 1.41 bits per heavy atom. The molecule has 0 atom stereocenters. The minimum absolute atomic E-state index is 0.230. The number of fused-ring (bicyclic) bond motifs is 2. The van der Waals surface area contributed by atoms with Gasteiger partial charge in [-0.1, -0.05) is 24.3 Å². The zero-order valence-corrected chi connectivity index (χ0v) is 42.2. The van der Waals surface area contributed by atoms with Crippen LogP contribution in [0, 0.1) is 22.7 Å². The van der Waals surface area contributed by atoms with Gasteiger partial charge in [-0.25, -0.2) is 29.5 Å². The monoisotopic (exact) mass is 1080 g/mol. The Morgan fingerprint density at radius 1 is 0.662 bits per heavy atom. The summed E-state index contributed by atoms with van der Waals surface area (Å²) < 4.78 is 114. The Bertz CT molecular complexity index is 2960. The number of aldehydes is 1. The largest absolute Gasteiger partial charge is 0.478 e. The summed E-state index contributed by atoms with van der Waals surface area (Å²) in [6, 6.07) is 18.0. The molecule has 0 amide bonds. The smallest absolute Gasteiger partial charge is 0.446 e. The quantitative estimate of drug-likeness (QED) is 0.0797. The highest BCUT2D eigenvalue weighted by molar-refractivity contribution is 7.19. The molecule has 74 heavy (non-hydrogen) atoms. The lowest BCUT2D eigenvalue weighted by atomic mass is 9.60. The minimum Gasteiger partial charge on any atom is -0.478 e. The Morgan fingerprint density at radius 2 is 1.05 bits per heavy atom. The van der Waals surface area contributed by atoms with Gasteiger partial charge in [0.2, 0.25) is 6.29 Å². The highest BCUT2D eigenvalue weighted by atomic mass is 32.1. The molecule has 4 aliphatic rings. The molecular weight excluding hydrogens is 1020 g/mol. The third kappa shape index (κ3) is 13.9. The van der Waals surface area contributed by atoms with E-state index in [1.54, 1.807) is 24.3 Å². The van der Waals surface area contributed by atoms with E-state index in [4.69, 9.17) is 14.6 Å². The Balaban J connectivity index is 0.000000178. The lowest BCUT2D eigenvalue weighted by molar-refractivity contribution is -0.156. The number of anilines is 2. The molecule has 2 aliphatic carbocycles. The number of carbonyl (C=O) groups is 3. The average Bonchev–Trinajstić information content (AvgIpc) is 4.10. The molecule has 0 unspecified atom stereocenters. The van der Waals surface area contributed by atoms with Crippen molar-refractivity contribution in [3.63, 3.8) is 0 Å². The van der Waals surface area contributed by atoms with Crippen LogP contribution in [-0.4, -0.2) is 93.6 Å². The predicted molar refractivity (Wildman–Crippen MR) is 263 cm³/mol. The van der Waals surface area contributed by atoms with Crippen LogP contribution >= 0.6 is 22.7 Å². The van der Waals surface area contributed by atoms with E-state index in [1.807, 2.05) is 57.2 Å². The number of carboxylic acid groups (broad SMARTS) is 1. The van der Waals surface area contributed by atoms with Crippen LogP contribution < -0.4 is 9.80 Å². The topological polar surface area (TPSA) is 139 Å². The standard InChI is InChI=1S/C27H30F3N3O2S.C23H22F3N3O2S.C2HF3O/c1-25(2,3)35-24(34)19-6-4-17(5-7-19)10-18-12-26(13-18)8-9-33(15-26)22-21-11-20(14-27(28,29)30)36-23(21)32-16-31-22;24-23(25,26)11-17-8-18-19(27-13-28-20(18)32-17)29-6-5-22(12-29)9-15(10-22)7-14-1-3-16(4-2-14)21(30)31;3-2(4,5)1-6/h4-7,11,16,18H,8-10,12-15H2,1-3H3;1-4,8,13,15H,5-7,9-12H2,(H,30,31);1H. The first kappa shape index (κ1) is 54.4. The normalized spacial score (nSPS) is 21.7. The number of esters is 1. The number of carboxylic acids is 1. The van der Waals surface area contributed by atoms with E-state index in [0.29, 0.717) is 38.0 Å². The van der Waals surface area contributed by atoms with Crippen molar-refractivity contribution in [2.24, 2.45) is 22.7 Å². The molecule has 1 N–H and O–H groups in total. The number of carbonyl (C=O) groups excluding carboxylic acids is 2. The molecule has 4 aromatic heterocycles. The number of benzene rings is 2. The SMILES string of the molecule is CC(C)(C)OC(=O)c1ccc(CC2CC3(CCN(c4ncnc5sc(CC(F)(F)F)cc45)C3)C2)cc1.O=C(O)c1ccc(CC2CC3(CCN(c4ncnc5sc(CC(F)(F)F)cc45)C3)C2)cc1.O=CC(F)(F)F. The van der Waals surface area contributed by atoms with Crippen LogP contribution in [0.2, 0.25) is 0 Å². The molecule has 6 aromatic rings. The van der Waals surface area contributed by atoms with Gasteiger partial charge < -0.3 is 19.6 Å². The van der Waals surface area contributed by atoms with Crippen LogP contribution in [-0.2, 0) is 35.2 Å². The predicted octanol–water partition coefficient (Wildman–Crippen LogP) is 12.7. The molecule has 396 valence electrons. The van der Waals surface area contributed by atoms with Gasteiger partial charge in [-0.05, 0) is 142 Å². The van der Waals surface area contributed by atoms with E-state index in [1.165, 1.54) is 18.2 Å². The van der Waals surface area contributed by atoms with E-state index in [9.17, 15) is 49.1 Å². The lowest BCUT2D eigenvalue weighted by Gasteiger charge is -2.45. The molecule has 6 heterocycles. The van der Waals surface area contributed by atoms with Gasteiger partial charge in [0.05, 0.1) is 34.7 Å². The molecule has 2 aliphatic heterocycles. The van der Waals surface area contributed by atoms with Gasteiger partial charge in [0.15, 0.2) is 0 Å². The van der Waals surface area contributed by atoms with E-state index in [2.05, 4.69) is 29.7 Å². The molecule has 0 bridgehead atoms. The zero-order chi connectivity index (χ0) is 53.4. The number of aromatic carboxylic acids is 1. The fourth-order valence-corrected chi connectivity index (χ4v) is 13.0. The molecule has 4 fully saturated rings. The number of halogens is 9. The summed E-state index contributed by atoms with van der Waals surface area (Å²) in [5, 5.41) is 10.5. The Kier molecular flexibility index (Phi) is 15.4. The van der Waals surface area contributed by atoms with Crippen LogP contribution in [0.1, 0.15) is 101 Å². The second-order valence-corrected chi connectivity index (χ2v) is 23.2. The molecule has 2 aromatic carbocycles. The number of hydrogen-bond acceptors (Lipinski definition) is 12. The van der Waals surface area contributed by atoms with Gasteiger partial charge in [-0.2, -0.15) is 39.5 Å². The van der Waals surface area contributed by atoms with Crippen LogP contribution in [0.5, 0.6) is 0 Å². The maximum absolute atomic E-state index is 12.9. The summed E-state index contributed by atoms with van der Waals surface area (Å²) in [5.41, 5.74) is 3.18. The van der Waals surface area contributed by atoms with Crippen molar-refractivity contribution in [3.05, 3.63) is 105 Å². The van der Waals surface area contributed by atoms with Crippen LogP contribution in [0.3, 0.4) is 0 Å². The first-order chi connectivity index (χ1) is 34.6. The molecule has 22 heteroatoms. The fraction of sp³-hybridized carbons (Fsp3) is 0.481. The van der Waals surface area contributed by atoms with Gasteiger partial charge in [-0.15, -0.1) is 22.7 Å². The summed E-state index contributed by atoms with van der Waals surface area (Å²) in [4.78, 5) is 55.4. The number of nitrogens with zero attached hydrogens (tertiary/aromatic N) is 6. The summed E-state index contributed by atoms with van der Waals surface area (Å²) >= 11 is 2.18. The van der Waals surface area contributed by atoms with Gasteiger partial charge in [0, 0.05) is 35.9 Å². The van der Waals surface area contributed by atoms with Gasteiger partial charge in [0.25, 0.3) is 0 Å². The summed E-state index contributed by atoms with van der Waals surface area (Å²) in [6.45, 7) is 9.00. The Labute approximate surface area is 428 Å². The second kappa shape index (κ2) is 21.0. The maximum atomic E-state index is 12.9. The fourth-order valence-electron chi connectivity index (χ4n) is 10.9. The van der Waals surface area contributed by atoms with Crippen molar-refractivity contribution in [2.45, 2.75) is 109 Å². The van der Waals surface area contributed by atoms with Crippen molar-refractivity contribution >= 4 is 73.0 Å². The first-order valence-electron chi connectivity index (χ1n) is 23.9. The van der Waals surface area contributed by atoms with Gasteiger partial charge in [0.1, 0.15) is 39.6 Å². The number of thiophene rings is 2. The zero-order valence-electron chi connectivity index (χ0n) is 40.5. The molecule has 2 spiro atoms. The van der Waals surface area contributed by atoms with Gasteiger partial charge >= 0.3 is 30.5 Å². The van der Waals surface area contributed by atoms with Crippen molar-refractivity contribution in [2.75, 3.05) is 36.0 Å². The van der Waals surface area contributed by atoms with Crippen molar-refractivity contribution in [1.82, 2.24) is 19.9 Å². The van der Waals surface area contributed by atoms with Crippen molar-refractivity contribution in [1.29, 1.82) is 0 Å². The van der Waals surface area contributed by atoms with Crippen LogP contribution in [0.15, 0.2) is 73.3 Å². The van der Waals surface area contributed by atoms with Crippen LogP contribution in [0.4, 0.5) is 51.1 Å². The number of hydrogen-bond donors (Lipinski definition) is 1. The lowest BCUT2D eigenvalue weighted by Crippen LogP contribution is -2.40. The van der Waals surface area contributed by atoms with Gasteiger partial charge in [-0.3, -0.25) is 4.79 Å². The van der Waals surface area contributed by atoms with Crippen molar-refractivity contribution < 1.29 is 63.7 Å². The van der Waals surface area contributed by atoms with E-state index >= 15 is 0 Å². The molecule has 0 radical (unpaired) electrons. The molecule has 2 saturated carbocycles. The molecule has 11 nitrogen and oxygen atoms in total. The number of aromatic nitrogens is 4. The Hall–Kier alpha value is -5.90. The summed E-state index contributed by atoms with van der Waals surface area (Å²) in [5.74, 6) is 1.42. The second-order valence-electron chi connectivity index (χ2n) is 21.0. The number of alkyl halides is 9.